The van der Waals surface area contributed by atoms with Crippen molar-refractivity contribution in [3.8, 4) is 11.3 Å². The van der Waals surface area contributed by atoms with Gasteiger partial charge in [-0.25, -0.2) is 4.98 Å². The summed E-state index contributed by atoms with van der Waals surface area (Å²) in [6, 6.07) is 23.2. The lowest BCUT2D eigenvalue weighted by molar-refractivity contribution is -0.141. The largest absolute Gasteiger partial charge is 0.469 e. The molecule has 138 valence electrons. The Morgan fingerprint density at radius 2 is 1.57 bits per heavy atom. The van der Waals surface area contributed by atoms with Gasteiger partial charge < -0.3 is 4.74 Å². The van der Waals surface area contributed by atoms with Crippen molar-refractivity contribution in [2.24, 2.45) is 0 Å². The van der Waals surface area contributed by atoms with Crippen LogP contribution in [0.25, 0.3) is 32.9 Å². The van der Waals surface area contributed by atoms with Crippen LogP contribution in [-0.2, 0) is 14.9 Å². The third kappa shape index (κ3) is 2.29. The van der Waals surface area contributed by atoms with Crippen molar-refractivity contribution >= 4 is 27.6 Å². The van der Waals surface area contributed by atoms with Gasteiger partial charge in [0.1, 0.15) is 0 Å². The van der Waals surface area contributed by atoms with E-state index in [0.29, 0.717) is 6.42 Å². The summed E-state index contributed by atoms with van der Waals surface area (Å²) in [5.74, 6) is -0.193. The third-order valence-corrected chi connectivity index (χ3v) is 6.17. The molecular formula is C25H21NO2. The van der Waals surface area contributed by atoms with Crippen LogP contribution in [0.2, 0.25) is 0 Å². The van der Waals surface area contributed by atoms with Crippen LogP contribution in [0, 0.1) is 0 Å². The highest BCUT2D eigenvalue weighted by atomic mass is 16.5. The number of carbonyl (C=O) groups excluding carboxylic acids is 1. The zero-order valence-corrected chi connectivity index (χ0v) is 16.0. The van der Waals surface area contributed by atoms with Gasteiger partial charge in [0.2, 0.25) is 0 Å². The number of benzene rings is 3. The summed E-state index contributed by atoms with van der Waals surface area (Å²) in [6.45, 7) is 2.15. The van der Waals surface area contributed by atoms with Gasteiger partial charge in [-0.3, -0.25) is 4.79 Å². The predicted octanol–water partition coefficient (Wildman–Crippen LogP) is 5.63. The maximum Gasteiger partial charge on any atom is 0.306 e. The molecule has 0 amide bonds. The maximum absolute atomic E-state index is 12.4. The number of carbonyl (C=O) groups is 1. The summed E-state index contributed by atoms with van der Waals surface area (Å²) >= 11 is 0. The van der Waals surface area contributed by atoms with E-state index in [2.05, 4.69) is 55.5 Å². The van der Waals surface area contributed by atoms with Crippen molar-refractivity contribution in [2.75, 3.05) is 7.11 Å². The van der Waals surface area contributed by atoms with Gasteiger partial charge in [-0.1, -0.05) is 49.4 Å². The second kappa shape index (κ2) is 6.16. The van der Waals surface area contributed by atoms with E-state index in [1.165, 1.54) is 23.4 Å². The molecule has 28 heavy (non-hydrogen) atoms. The molecule has 0 aliphatic heterocycles. The maximum atomic E-state index is 12.4. The normalized spacial score (nSPS) is 17.5. The summed E-state index contributed by atoms with van der Waals surface area (Å²) in [6.07, 6.45) is 1.12. The summed E-state index contributed by atoms with van der Waals surface area (Å²) in [5, 5.41) is 3.47. The van der Waals surface area contributed by atoms with Gasteiger partial charge in [-0.15, -0.1) is 0 Å². The number of hydrogen-bond donors (Lipinski definition) is 0. The van der Waals surface area contributed by atoms with Gasteiger partial charge in [0.25, 0.3) is 0 Å². The number of rotatable bonds is 3. The number of ether oxygens (including phenoxy) is 1. The van der Waals surface area contributed by atoms with Gasteiger partial charge >= 0.3 is 5.97 Å². The highest BCUT2D eigenvalue weighted by Crippen LogP contribution is 2.53. The molecule has 0 saturated heterocycles. The molecule has 0 bridgehead atoms. The second-order valence-electron chi connectivity index (χ2n) is 7.51. The average molecular weight is 367 g/mol. The molecule has 3 nitrogen and oxygen atoms in total. The Morgan fingerprint density at radius 3 is 2.29 bits per heavy atom. The molecule has 0 N–H and O–H groups in total. The Morgan fingerprint density at radius 1 is 0.929 bits per heavy atom. The average Bonchev–Trinajstić information content (AvgIpc) is 2.99. The number of hydrogen-bond acceptors (Lipinski definition) is 3. The number of para-hydroxylation sites is 1. The van der Waals surface area contributed by atoms with Crippen molar-refractivity contribution in [3.63, 3.8) is 0 Å². The van der Waals surface area contributed by atoms with E-state index >= 15 is 0 Å². The Bertz CT molecular complexity index is 1160. The zero-order valence-electron chi connectivity index (χ0n) is 16.0. The van der Waals surface area contributed by atoms with E-state index in [1.54, 1.807) is 0 Å². The Kier molecular flexibility index (Phi) is 3.73. The third-order valence-electron chi connectivity index (χ3n) is 6.17. The van der Waals surface area contributed by atoms with Crippen LogP contribution < -0.4 is 0 Å². The molecule has 1 aromatic heterocycles. The highest BCUT2D eigenvalue weighted by molar-refractivity contribution is 5.96. The molecule has 1 atom stereocenters. The SMILES string of the molecule is CCC1(CC(=O)OC)c2cc3ccccc3cc2-c2nc3ccccc3cc21. The number of fused-ring (bicyclic) bond motifs is 5. The van der Waals surface area contributed by atoms with Crippen LogP contribution >= 0.6 is 0 Å². The van der Waals surface area contributed by atoms with Gasteiger partial charge in [0.05, 0.1) is 24.7 Å². The molecule has 3 heteroatoms. The monoisotopic (exact) mass is 367 g/mol. The number of esters is 1. The van der Waals surface area contributed by atoms with Crippen LogP contribution in [0.15, 0.2) is 66.7 Å². The number of aromatic nitrogens is 1. The smallest absolute Gasteiger partial charge is 0.306 e. The molecule has 4 aromatic rings. The molecule has 3 aromatic carbocycles. The van der Waals surface area contributed by atoms with E-state index < -0.39 is 5.41 Å². The zero-order chi connectivity index (χ0) is 19.3. The number of nitrogens with zero attached hydrogens (tertiary/aromatic N) is 1. The Hall–Kier alpha value is -3.20. The Balaban J connectivity index is 1.89. The molecule has 1 aliphatic carbocycles. The molecule has 1 aliphatic rings. The first-order valence-corrected chi connectivity index (χ1v) is 9.67. The molecule has 0 saturated carbocycles. The first kappa shape index (κ1) is 16.9. The summed E-state index contributed by atoms with van der Waals surface area (Å²) in [5.41, 5.74) is 4.99. The fourth-order valence-corrected chi connectivity index (χ4v) is 4.68. The summed E-state index contributed by atoms with van der Waals surface area (Å²) < 4.78 is 5.08. The quantitative estimate of drug-likeness (QED) is 0.441. The van der Waals surface area contributed by atoms with Crippen molar-refractivity contribution in [3.05, 3.63) is 77.9 Å². The van der Waals surface area contributed by atoms with E-state index in [4.69, 9.17) is 9.72 Å². The topological polar surface area (TPSA) is 39.2 Å². The fourth-order valence-electron chi connectivity index (χ4n) is 4.68. The van der Waals surface area contributed by atoms with Gasteiger partial charge in [-0.2, -0.15) is 0 Å². The van der Waals surface area contributed by atoms with Crippen molar-refractivity contribution in [1.29, 1.82) is 0 Å². The van der Waals surface area contributed by atoms with Crippen molar-refractivity contribution in [1.82, 2.24) is 4.98 Å². The van der Waals surface area contributed by atoms with Crippen LogP contribution in [0.1, 0.15) is 30.9 Å². The minimum absolute atomic E-state index is 0.193. The van der Waals surface area contributed by atoms with E-state index in [-0.39, 0.29) is 5.97 Å². The van der Waals surface area contributed by atoms with Crippen LogP contribution in [-0.4, -0.2) is 18.1 Å². The van der Waals surface area contributed by atoms with E-state index in [9.17, 15) is 4.79 Å². The molecule has 1 heterocycles. The molecule has 0 fully saturated rings. The molecular weight excluding hydrogens is 346 g/mol. The van der Waals surface area contributed by atoms with E-state index in [1.807, 2.05) is 18.2 Å². The number of methoxy groups -OCH3 is 1. The fraction of sp³-hybridized carbons (Fsp3) is 0.200. The van der Waals surface area contributed by atoms with Crippen molar-refractivity contribution in [2.45, 2.75) is 25.2 Å². The minimum Gasteiger partial charge on any atom is -0.469 e. The summed E-state index contributed by atoms with van der Waals surface area (Å²) in [4.78, 5) is 17.5. The van der Waals surface area contributed by atoms with E-state index in [0.717, 1.165) is 34.1 Å². The first-order chi connectivity index (χ1) is 13.7. The lowest BCUT2D eigenvalue weighted by Crippen LogP contribution is -2.28. The standard InChI is InChI=1S/C25H21NO2/c1-3-25(15-23(27)28-2)20-13-17-9-5-4-8-16(17)12-19(20)24-21(25)14-18-10-6-7-11-22(18)26-24/h4-14H,3,15H2,1-2H3. The minimum atomic E-state index is -0.418. The molecule has 0 spiro atoms. The lowest BCUT2D eigenvalue weighted by Gasteiger charge is -2.29. The highest BCUT2D eigenvalue weighted by Gasteiger charge is 2.45. The van der Waals surface area contributed by atoms with Crippen molar-refractivity contribution < 1.29 is 9.53 Å². The Labute approximate surface area is 164 Å². The van der Waals surface area contributed by atoms with Crippen LogP contribution in [0.4, 0.5) is 0 Å². The first-order valence-electron chi connectivity index (χ1n) is 9.67. The second-order valence-corrected chi connectivity index (χ2v) is 7.51. The van der Waals surface area contributed by atoms with Gasteiger partial charge in [0.15, 0.2) is 0 Å². The lowest BCUT2D eigenvalue weighted by atomic mass is 9.73. The predicted molar refractivity (Wildman–Crippen MR) is 112 cm³/mol. The molecule has 5 rings (SSSR count). The van der Waals surface area contributed by atoms with Gasteiger partial charge in [0, 0.05) is 16.4 Å². The summed E-state index contributed by atoms with van der Waals surface area (Å²) in [7, 11) is 1.46. The molecule has 1 unspecified atom stereocenters. The van der Waals surface area contributed by atoms with Crippen LogP contribution in [0.5, 0.6) is 0 Å². The number of pyridine rings is 1. The molecule has 0 radical (unpaired) electrons. The van der Waals surface area contributed by atoms with Crippen LogP contribution in [0.3, 0.4) is 0 Å². The van der Waals surface area contributed by atoms with Gasteiger partial charge in [-0.05, 0) is 52.6 Å².